The molecule has 1 aromatic carbocycles. The maximum atomic E-state index is 11.9. The summed E-state index contributed by atoms with van der Waals surface area (Å²) >= 11 is 0. The van der Waals surface area contributed by atoms with Crippen molar-refractivity contribution in [2.45, 2.75) is 39.8 Å². The number of carbonyl (C=O) groups is 1. The van der Waals surface area contributed by atoms with E-state index < -0.39 is 0 Å². The molecule has 24 heavy (non-hydrogen) atoms. The lowest BCUT2D eigenvalue weighted by molar-refractivity contribution is -0.0667. The molecule has 5 heteroatoms. The Kier molecular flexibility index (Phi) is 4.92. The number of aliphatic imine (C=N–C) groups is 1. The average molecular weight is 330 g/mol. The highest BCUT2D eigenvalue weighted by molar-refractivity contribution is 5.93. The third kappa shape index (κ3) is 3.25. The molecule has 0 radical (unpaired) electrons. The molecule has 1 N–H and O–H groups in total. The predicted molar refractivity (Wildman–Crippen MR) is 99.2 cm³/mol. The number of amides is 1. The molecule has 0 saturated carbocycles. The van der Waals surface area contributed by atoms with Crippen LogP contribution >= 0.6 is 0 Å². The summed E-state index contributed by atoms with van der Waals surface area (Å²) in [5.41, 5.74) is 2.19. The van der Waals surface area contributed by atoms with Crippen LogP contribution in [0.15, 0.2) is 29.3 Å². The second kappa shape index (κ2) is 6.46. The minimum absolute atomic E-state index is 0.0230. The van der Waals surface area contributed by atoms with Crippen molar-refractivity contribution < 1.29 is 4.79 Å². The van der Waals surface area contributed by atoms with Gasteiger partial charge in [-0.1, -0.05) is 26.0 Å². The fraction of sp³-hybridized carbons (Fsp3) is 0.579. The summed E-state index contributed by atoms with van der Waals surface area (Å²) in [4.78, 5) is 20.2. The lowest BCUT2D eigenvalue weighted by atomic mass is 9.65. The van der Waals surface area contributed by atoms with Crippen molar-refractivity contribution in [2.24, 2.45) is 10.4 Å². The molecule has 0 bridgehead atoms. The molecule has 1 aliphatic heterocycles. The van der Waals surface area contributed by atoms with Gasteiger partial charge in [-0.3, -0.25) is 9.79 Å². The predicted octanol–water partition coefficient (Wildman–Crippen LogP) is 2.58. The first kappa shape index (κ1) is 18.3. The van der Waals surface area contributed by atoms with Gasteiger partial charge in [-0.2, -0.15) is 0 Å². The number of nitrogens with zero attached hydrogens (tertiary/aromatic N) is 3. The van der Waals surface area contributed by atoms with Crippen molar-refractivity contribution in [3.63, 3.8) is 0 Å². The molecule has 0 aliphatic carbocycles. The van der Waals surface area contributed by atoms with Crippen LogP contribution in [-0.2, 0) is 6.54 Å². The minimum Gasteiger partial charge on any atom is -0.352 e. The molecule has 132 valence electrons. The number of rotatable bonds is 3. The van der Waals surface area contributed by atoms with Crippen LogP contribution in [0.3, 0.4) is 0 Å². The highest BCUT2D eigenvalue weighted by Crippen LogP contribution is 2.46. The first-order chi connectivity index (χ1) is 11.1. The molecule has 1 fully saturated rings. The fourth-order valence-corrected chi connectivity index (χ4v) is 2.90. The molecule has 1 heterocycles. The van der Waals surface area contributed by atoms with Crippen LogP contribution in [0.2, 0.25) is 0 Å². The molecule has 1 aliphatic rings. The minimum atomic E-state index is 0.0230. The monoisotopic (exact) mass is 330 g/mol. The van der Waals surface area contributed by atoms with Gasteiger partial charge in [0.15, 0.2) is 5.96 Å². The van der Waals surface area contributed by atoms with Gasteiger partial charge in [0.1, 0.15) is 0 Å². The summed E-state index contributed by atoms with van der Waals surface area (Å²) in [5.74, 6) is 0.947. The largest absolute Gasteiger partial charge is 0.352 e. The highest BCUT2D eigenvalue weighted by atomic mass is 16.2. The van der Waals surface area contributed by atoms with E-state index in [1.807, 2.05) is 31.3 Å². The van der Waals surface area contributed by atoms with Crippen LogP contribution in [0, 0.1) is 5.41 Å². The second-order valence-electron chi connectivity index (χ2n) is 7.83. The summed E-state index contributed by atoms with van der Waals surface area (Å²) < 4.78 is 0. The third-order valence-electron chi connectivity index (χ3n) is 5.41. The zero-order chi connectivity index (χ0) is 18.1. The van der Waals surface area contributed by atoms with Gasteiger partial charge in [0.25, 0.3) is 5.91 Å². The Hall–Kier alpha value is -2.04. The Morgan fingerprint density at radius 3 is 2.21 bits per heavy atom. The van der Waals surface area contributed by atoms with Crippen LogP contribution in [-0.4, -0.2) is 54.9 Å². The van der Waals surface area contributed by atoms with Crippen molar-refractivity contribution in [2.75, 3.05) is 27.7 Å². The summed E-state index contributed by atoms with van der Waals surface area (Å²) in [6.07, 6.45) is 0. The lowest BCUT2D eigenvalue weighted by Crippen LogP contribution is -2.72. The van der Waals surface area contributed by atoms with Gasteiger partial charge in [-0.15, -0.1) is 0 Å². The Balaban J connectivity index is 1.99. The van der Waals surface area contributed by atoms with E-state index in [1.54, 1.807) is 19.0 Å². The van der Waals surface area contributed by atoms with Gasteiger partial charge >= 0.3 is 0 Å². The average Bonchev–Trinajstić information content (AvgIpc) is 2.54. The number of carbonyl (C=O) groups excluding carboxylic acids is 1. The standard InChI is InChI=1S/C19H30N4O/c1-18(2)13-23(19(18,3)4)17(20-5)21-12-14-8-10-15(11-9-14)16(24)22(6)7/h8-11H,12-13H2,1-7H3,(H,20,21). The maximum Gasteiger partial charge on any atom is 0.253 e. The van der Waals surface area contributed by atoms with Gasteiger partial charge in [-0.05, 0) is 31.5 Å². The third-order valence-corrected chi connectivity index (χ3v) is 5.41. The Bertz CT molecular complexity index is 629. The van der Waals surface area contributed by atoms with E-state index in [0.717, 1.165) is 18.1 Å². The number of hydrogen-bond donors (Lipinski definition) is 1. The number of hydrogen-bond acceptors (Lipinski definition) is 2. The fourth-order valence-electron chi connectivity index (χ4n) is 2.90. The summed E-state index contributed by atoms with van der Waals surface area (Å²) in [6, 6.07) is 7.72. The molecule has 0 unspecified atom stereocenters. The van der Waals surface area contributed by atoms with Crippen LogP contribution in [0.25, 0.3) is 0 Å². The van der Waals surface area contributed by atoms with E-state index in [4.69, 9.17) is 0 Å². The van der Waals surface area contributed by atoms with Gasteiger partial charge in [-0.25, -0.2) is 0 Å². The molecule has 5 nitrogen and oxygen atoms in total. The molecule has 0 atom stereocenters. The first-order valence-electron chi connectivity index (χ1n) is 8.39. The Morgan fingerprint density at radius 1 is 1.21 bits per heavy atom. The quantitative estimate of drug-likeness (QED) is 0.684. The molecule has 1 aromatic rings. The van der Waals surface area contributed by atoms with E-state index in [9.17, 15) is 4.79 Å². The van der Waals surface area contributed by atoms with Crippen LogP contribution in [0.1, 0.15) is 43.6 Å². The Labute approximate surface area is 145 Å². The molecular weight excluding hydrogens is 300 g/mol. The van der Waals surface area contributed by atoms with Crippen molar-refractivity contribution in [3.05, 3.63) is 35.4 Å². The molecule has 0 spiro atoms. The summed E-state index contributed by atoms with van der Waals surface area (Å²) in [7, 11) is 5.35. The molecule has 1 amide bonds. The lowest BCUT2D eigenvalue weighted by Gasteiger charge is -2.62. The van der Waals surface area contributed by atoms with Gasteiger partial charge < -0.3 is 15.1 Å². The van der Waals surface area contributed by atoms with Crippen LogP contribution < -0.4 is 5.32 Å². The molecular formula is C19H30N4O. The molecule has 2 rings (SSSR count). The van der Waals surface area contributed by atoms with Crippen molar-refractivity contribution in [1.82, 2.24) is 15.1 Å². The summed E-state index contributed by atoms with van der Waals surface area (Å²) in [5, 5.41) is 3.43. The zero-order valence-electron chi connectivity index (χ0n) is 16.0. The van der Waals surface area contributed by atoms with E-state index in [0.29, 0.717) is 12.1 Å². The maximum absolute atomic E-state index is 11.9. The Morgan fingerprint density at radius 2 is 1.79 bits per heavy atom. The van der Waals surface area contributed by atoms with Gasteiger partial charge in [0.2, 0.25) is 0 Å². The van der Waals surface area contributed by atoms with E-state index in [2.05, 4.69) is 42.9 Å². The zero-order valence-corrected chi connectivity index (χ0v) is 16.0. The number of nitrogens with one attached hydrogen (secondary N) is 1. The molecule has 1 saturated heterocycles. The van der Waals surface area contributed by atoms with E-state index in [1.165, 1.54) is 0 Å². The van der Waals surface area contributed by atoms with Crippen molar-refractivity contribution >= 4 is 11.9 Å². The van der Waals surface area contributed by atoms with E-state index >= 15 is 0 Å². The van der Waals surface area contributed by atoms with Crippen LogP contribution in [0.4, 0.5) is 0 Å². The van der Waals surface area contributed by atoms with Gasteiger partial charge in [0.05, 0.1) is 0 Å². The first-order valence-corrected chi connectivity index (χ1v) is 8.39. The smallest absolute Gasteiger partial charge is 0.253 e. The van der Waals surface area contributed by atoms with Crippen LogP contribution in [0.5, 0.6) is 0 Å². The van der Waals surface area contributed by atoms with Crippen molar-refractivity contribution in [1.29, 1.82) is 0 Å². The van der Waals surface area contributed by atoms with Gasteiger partial charge in [0, 0.05) is 50.7 Å². The number of guanidine groups is 1. The second-order valence-corrected chi connectivity index (χ2v) is 7.83. The number of likely N-dealkylation sites (tertiary alicyclic amines) is 1. The van der Waals surface area contributed by atoms with E-state index in [-0.39, 0.29) is 16.9 Å². The topological polar surface area (TPSA) is 47.9 Å². The number of benzene rings is 1. The molecule has 0 aromatic heterocycles. The normalized spacial score (nSPS) is 18.8. The SMILES string of the molecule is CN=C(NCc1ccc(C(=O)N(C)C)cc1)N1CC(C)(C)C1(C)C. The summed E-state index contributed by atoms with van der Waals surface area (Å²) in [6.45, 7) is 10.8. The highest BCUT2D eigenvalue weighted by Gasteiger charge is 2.53. The van der Waals surface area contributed by atoms with Crippen molar-refractivity contribution in [3.8, 4) is 0 Å².